The molecule has 2 rings (SSSR count). The highest BCUT2D eigenvalue weighted by atomic mass is 35.5. The first-order chi connectivity index (χ1) is 9.50. The van der Waals surface area contributed by atoms with Gasteiger partial charge < -0.3 is 10.4 Å². The van der Waals surface area contributed by atoms with Crippen molar-refractivity contribution in [3.8, 4) is 0 Å². The van der Waals surface area contributed by atoms with Gasteiger partial charge in [0.15, 0.2) is 0 Å². The Hall–Kier alpha value is -0.890. The molecular formula is C12H18ClN3O3S. The van der Waals surface area contributed by atoms with E-state index in [1.165, 1.54) is 16.6 Å². The van der Waals surface area contributed by atoms with Gasteiger partial charge in [-0.05, 0) is 25.8 Å². The normalized spacial score (nSPS) is 20.2. The SMILES string of the molecule is CCNc1ncc(S(=O)(=O)N2CCCC2CO)cc1Cl. The molecule has 1 fully saturated rings. The molecule has 2 heterocycles. The molecule has 2 N–H and O–H groups in total. The van der Waals surface area contributed by atoms with E-state index in [1.807, 2.05) is 6.92 Å². The van der Waals surface area contributed by atoms with Crippen LogP contribution >= 0.6 is 11.6 Å². The van der Waals surface area contributed by atoms with Crippen LogP contribution in [0.2, 0.25) is 5.02 Å². The quantitative estimate of drug-likeness (QED) is 0.855. The second-order valence-electron chi connectivity index (χ2n) is 4.63. The van der Waals surface area contributed by atoms with Gasteiger partial charge in [-0.1, -0.05) is 11.6 Å². The summed E-state index contributed by atoms with van der Waals surface area (Å²) < 4.78 is 26.4. The number of aliphatic hydroxyl groups is 1. The van der Waals surface area contributed by atoms with Crippen molar-refractivity contribution in [2.45, 2.75) is 30.7 Å². The standard InChI is InChI=1S/C12H18ClN3O3S/c1-2-14-12-11(13)6-10(7-15-12)20(18,19)16-5-3-4-9(16)8-17/h6-7,9,17H,2-5,8H2,1H3,(H,14,15). The van der Waals surface area contributed by atoms with Crippen molar-refractivity contribution in [1.82, 2.24) is 9.29 Å². The molecule has 0 spiro atoms. The van der Waals surface area contributed by atoms with Crippen molar-refractivity contribution < 1.29 is 13.5 Å². The second-order valence-corrected chi connectivity index (χ2v) is 6.92. The predicted molar refractivity (Wildman–Crippen MR) is 77.4 cm³/mol. The van der Waals surface area contributed by atoms with Crippen LogP contribution in [0.15, 0.2) is 17.2 Å². The summed E-state index contributed by atoms with van der Waals surface area (Å²) in [5.41, 5.74) is 0. The zero-order valence-corrected chi connectivity index (χ0v) is 12.8. The lowest BCUT2D eigenvalue weighted by Gasteiger charge is -2.22. The highest BCUT2D eigenvalue weighted by molar-refractivity contribution is 7.89. The Bertz CT molecular complexity index is 579. The second kappa shape index (κ2) is 6.26. The summed E-state index contributed by atoms with van der Waals surface area (Å²) in [5, 5.41) is 12.5. The van der Waals surface area contributed by atoms with Gasteiger partial charge in [0.1, 0.15) is 10.7 Å². The molecule has 20 heavy (non-hydrogen) atoms. The van der Waals surface area contributed by atoms with Gasteiger partial charge in [0, 0.05) is 25.3 Å². The third-order valence-corrected chi connectivity index (χ3v) is 5.51. The summed E-state index contributed by atoms with van der Waals surface area (Å²) in [4.78, 5) is 4.10. The van der Waals surface area contributed by atoms with E-state index in [1.54, 1.807) is 0 Å². The van der Waals surface area contributed by atoms with Crippen LogP contribution in [-0.2, 0) is 10.0 Å². The number of hydrogen-bond acceptors (Lipinski definition) is 5. The molecule has 1 aromatic heterocycles. The monoisotopic (exact) mass is 319 g/mol. The zero-order chi connectivity index (χ0) is 14.8. The molecule has 1 saturated heterocycles. The lowest BCUT2D eigenvalue weighted by Crippen LogP contribution is -2.37. The van der Waals surface area contributed by atoms with E-state index in [-0.39, 0.29) is 22.6 Å². The van der Waals surface area contributed by atoms with Gasteiger partial charge in [0.25, 0.3) is 0 Å². The average molecular weight is 320 g/mol. The molecule has 1 unspecified atom stereocenters. The Labute approximate surface area is 123 Å². The van der Waals surface area contributed by atoms with Gasteiger partial charge in [-0.2, -0.15) is 4.31 Å². The van der Waals surface area contributed by atoms with Crippen molar-refractivity contribution in [1.29, 1.82) is 0 Å². The minimum absolute atomic E-state index is 0.0597. The maximum absolute atomic E-state index is 12.5. The van der Waals surface area contributed by atoms with E-state index < -0.39 is 10.0 Å². The fourth-order valence-electron chi connectivity index (χ4n) is 2.30. The molecule has 0 aliphatic carbocycles. The van der Waals surface area contributed by atoms with Gasteiger partial charge in [0.2, 0.25) is 10.0 Å². The molecule has 112 valence electrons. The molecule has 1 aliphatic rings. The summed E-state index contributed by atoms with van der Waals surface area (Å²) in [6.45, 7) is 2.80. The van der Waals surface area contributed by atoms with Crippen molar-refractivity contribution in [2.24, 2.45) is 0 Å². The molecule has 8 heteroatoms. The Balaban J connectivity index is 2.32. The molecule has 0 bridgehead atoms. The highest BCUT2D eigenvalue weighted by Gasteiger charge is 2.35. The number of halogens is 1. The van der Waals surface area contributed by atoms with E-state index >= 15 is 0 Å². The fraction of sp³-hybridized carbons (Fsp3) is 0.583. The van der Waals surface area contributed by atoms with E-state index in [4.69, 9.17) is 11.6 Å². The topological polar surface area (TPSA) is 82.5 Å². The van der Waals surface area contributed by atoms with E-state index in [9.17, 15) is 13.5 Å². The van der Waals surface area contributed by atoms with Gasteiger partial charge in [-0.25, -0.2) is 13.4 Å². The number of nitrogens with one attached hydrogen (secondary N) is 1. The van der Waals surface area contributed by atoms with Crippen LogP contribution in [0.3, 0.4) is 0 Å². The van der Waals surface area contributed by atoms with Gasteiger partial charge in [-0.3, -0.25) is 0 Å². The third kappa shape index (κ3) is 2.90. The lowest BCUT2D eigenvalue weighted by atomic mass is 10.2. The lowest BCUT2D eigenvalue weighted by molar-refractivity contribution is 0.213. The molecule has 0 aromatic carbocycles. The molecule has 1 atom stereocenters. The van der Waals surface area contributed by atoms with Gasteiger partial charge in [-0.15, -0.1) is 0 Å². The van der Waals surface area contributed by atoms with Gasteiger partial charge in [0.05, 0.1) is 11.6 Å². The number of aliphatic hydroxyl groups excluding tert-OH is 1. The fourth-order valence-corrected chi connectivity index (χ4v) is 4.26. The Morgan fingerprint density at radius 3 is 2.95 bits per heavy atom. The minimum Gasteiger partial charge on any atom is -0.395 e. The number of anilines is 1. The Morgan fingerprint density at radius 1 is 1.60 bits per heavy atom. The van der Waals surface area contributed by atoms with E-state index in [2.05, 4.69) is 10.3 Å². The molecule has 0 amide bonds. The van der Waals surface area contributed by atoms with Crippen molar-refractivity contribution in [2.75, 3.05) is 25.0 Å². The molecule has 0 radical (unpaired) electrons. The number of hydrogen-bond donors (Lipinski definition) is 2. The average Bonchev–Trinajstić information content (AvgIpc) is 2.90. The van der Waals surface area contributed by atoms with Crippen LogP contribution in [0.25, 0.3) is 0 Å². The number of sulfonamides is 1. The molecule has 6 nitrogen and oxygen atoms in total. The van der Waals surface area contributed by atoms with Gasteiger partial charge >= 0.3 is 0 Å². The third-order valence-electron chi connectivity index (χ3n) is 3.30. The first-order valence-corrected chi connectivity index (χ1v) is 8.34. The van der Waals surface area contributed by atoms with Crippen LogP contribution in [0.5, 0.6) is 0 Å². The number of aromatic nitrogens is 1. The van der Waals surface area contributed by atoms with Crippen LogP contribution in [-0.4, -0.2) is 48.6 Å². The van der Waals surface area contributed by atoms with Crippen LogP contribution in [0, 0.1) is 0 Å². The van der Waals surface area contributed by atoms with Crippen LogP contribution < -0.4 is 5.32 Å². The summed E-state index contributed by atoms with van der Waals surface area (Å²) in [6, 6.07) is 1.04. The summed E-state index contributed by atoms with van der Waals surface area (Å²) in [7, 11) is -3.66. The maximum atomic E-state index is 12.5. The minimum atomic E-state index is -3.66. The number of pyridine rings is 1. The van der Waals surface area contributed by atoms with Crippen molar-refractivity contribution >= 4 is 27.4 Å². The Morgan fingerprint density at radius 2 is 2.35 bits per heavy atom. The Kier molecular flexibility index (Phi) is 4.85. The maximum Gasteiger partial charge on any atom is 0.244 e. The highest BCUT2D eigenvalue weighted by Crippen LogP contribution is 2.28. The summed E-state index contributed by atoms with van der Waals surface area (Å²) in [5.74, 6) is 0.466. The molecule has 1 aromatic rings. The van der Waals surface area contributed by atoms with Crippen LogP contribution in [0.1, 0.15) is 19.8 Å². The van der Waals surface area contributed by atoms with Crippen molar-refractivity contribution in [3.63, 3.8) is 0 Å². The predicted octanol–water partition coefficient (Wildman–Crippen LogP) is 1.31. The number of nitrogens with zero attached hydrogens (tertiary/aromatic N) is 2. The molecule has 0 saturated carbocycles. The summed E-state index contributed by atoms with van der Waals surface area (Å²) >= 11 is 6.03. The summed E-state index contributed by atoms with van der Waals surface area (Å²) in [6.07, 6.45) is 2.72. The smallest absolute Gasteiger partial charge is 0.244 e. The zero-order valence-electron chi connectivity index (χ0n) is 11.2. The molecular weight excluding hydrogens is 302 g/mol. The van der Waals surface area contributed by atoms with Crippen LogP contribution in [0.4, 0.5) is 5.82 Å². The largest absolute Gasteiger partial charge is 0.395 e. The number of rotatable bonds is 5. The van der Waals surface area contributed by atoms with E-state index in [0.29, 0.717) is 25.3 Å². The first-order valence-electron chi connectivity index (χ1n) is 6.52. The first kappa shape index (κ1) is 15.5. The van der Waals surface area contributed by atoms with Crippen molar-refractivity contribution in [3.05, 3.63) is 17.3 Å². The molecule has 1 aliphatic heterocycles. The van der Waals surface area contributed by atoms with E-state index in [0.717, 1.165) is 6.42 Å².